The highest BCUT2D eigenvalue weighted by molar-refractivity contribution is 7.26. The van der Waals surface area contributed by atoms with Crippen molar-refractivity contribution in [2.45, 2.75) is 27.7 Å². The van der Waals surface area contributed by atoms with Gasteiger partial charge < -0.3 is 9.13 Å². The van der Waals surface area contributed by atoms with E-state index in [1.807, 2.05) is 166 Å². The van der Waals surface area contributed by atoms with E-state index in [1.54, 1.807) is 11.3 Å². The molecular weight excluding hydrogens is 1530 g/mol. The van der Waals surface area contributed by atoms with Crippen molar-refractivity contribution in [2.24, 2.45) is 0 Å². The van der Waals surface area contributed by atoms with Crippen LogP contribution in [0.5, 0.6) is 0 Å². The third-order valence-corrected chi connectivity index (χ3v) is 23.8. The Morgan fingerprint density at radius 1 is 0.189 bits per heavy atom. The van der Waals surface area contributed by atoms with Gasteiger partial charge in [-0.25, -0.2) is 59.8 Å². The van der Waals surface area contributed by atoms with E-state index in [9.17, 15) is 0 Å². The number of aromatic nitrogens is 14. The topological polar surface area (TPSA) is 165 Å². The first-order chi connectivity index (χ1) is 60.1. The third-order valence-electron chi connectivity index (χ3n) is 21.4. The van der Waals surface area contributed by atoms with E-state index in [0.717, 1.165) is 78.6 Å². The summed E-state index contributed by atoms with van der Waals surface area (Å²) in [6, 6.07) is 129. The minimum Gasteiger partial charge on any atom is -0.309 e. The van der Waals surface area contributed by atoms with E-state index in [4.69, 9.17) is 29.9 Å². The summed E-state index contributed by atoms with van der Waals surface area (Å²) in [5.41, 5.74) is 17.1. The summed E-state index contributed by atoms with van der Waals surface area (Å²) in [5, 5.41) is 9.92. The lowest BCUT2D eigenvalue weighted by atomic mass is 10.1. The highest BCUT2D eigenvalue weighted by Gasteiger charge is 2.21. The summed E-state index contributed by atoms with van der Waals surface area (Å²) >= 11 is 3.60. The minimum atomic E-state index is 0.680. The molecule has 0 atom stereocenters. The average Bonchev–Trinajstić information content (AvgIpc) is 1.72. The summed E-state index contributed by atoms with van der Waals surface area (Å²) in [4.78, 5) is 56.5. The van der Waals surface area contributed by atoms with Crippen molar-refractivity contribution in [1.29, 1.82) is 0 Å². The lowest BCUT2D eigenvalue weighted by Crippen LogP contribution is -2.00. The van der Waals surface area contributed by atoms with Crippen LogP contribution in [-0.4, -0.2) is 68.9 Å². The second-order valence-electron chi connectivity index (χ2n) is 29.7. The smallest absolute Gasteiger partial charge is 0.165 e. The number of benzene rings is 15. The fourth-order valence-electron chi connectivity index (χ4n) is 15.8. The van der Waals surface area contributed by atoms with Gasteiger partial charge in [0, 0.05) is 123 Å². The van der Waals surface area contributed by atoms with Crippen LogP contribution in [0.2, 0.25) is 0 Å². The zero-order chi connectivity index (χ0) is 82.0. The number of hydrogen-bond donors (Lipinski definition) is 0. The van der Waals surface area contributed by atoms with E-state index in [-0.39, 0.29) is 0 Å². The van der Waals surface area contributed by atoms with Crippen LogP contribution in [0, 0.1) is 27.7 Å². The molecule has 23 rings (SSSR count). The third kappa shape index (κ3) is 15.1. The molecule has 0 N–H and O–H groups in total. The Kier molecular flexibility index (Phi) is 20.4. The normalized spacial score (nSPS) is 11.3. The van der Waals surface area contributed by atoms with E-state index in [0.29, 0.717) is 58.2 Å². The summed E-state index contributed by atoms with van der Waals surface area (Å²) in [5.74, 6) is 8.40. The molecule has 14 nitrogen and oxygen atoms in total. The van der Waals surface area contributed by atoms with Crippen molar-refractivity contribution < 1.29 is 0 Å². The molecule has 0 unspecified atom stereocenters. The molecule has 16 heteroatoms. The number of thiophene rings is 2. The summed E-state index contributed by atoms with van der Waals surface area (Å²) in [7, 11) is 0. The Morgan fingerprint density at radius 2 is 0.500 bits per heavy atom. The fourth-order valence-corrected chi connectivity index (χ4v) is 18.1. The van der Waals surface area contributed by atoms with Gasteiger partial charge in [0.05, 0.1) is 22.1 Å². The van der Waals surface area contributed by atoms with Gasteiger partial charge in [-0.1, -0.05) is 279 Å². The van der Waals surface area contributed by atoms with Crippen LogP contribution >= 0.6 is 22.7 Å². The minimum absolute atomic E-state index is 0.680. The van der Waals surface area contributed by atoms with Crippen molar-refractivity contribution in [2.75, 3.05) is 0 Å². The predicted octanol–water partition coefficient (Wildman–Crippen LogP) is 26.7. The van der Waals surface area contributed by atoms with Gasteiger partial charge in [0.25, 0.3) is 0 Å². The SMILES string of the molecule is Cc1cccc(-c2nc(-c3ccccc3)nc(-c3ccc4sc5ccccc5c4c3)n2)c1.Cc1nc(-c2ccccc2)nc(-c2ccc3c(c2)c2ccccc2n3-c2ccccc2)n1.Cc1nc(-c2ccccc2)nc(-c2cccc(-n3c4ccccc4c4ccccc43)c2)n1.Cc1nc(-c2ccccc2)nc(-c2cccc3c2sc2ccccc23)n1. The maximum Gasteiger partial charge on any atom is 0.165 e. The molecule has 580 valence electrons. The van der Waals surface area contributed by atoms with Crippen molar-refractivity contribution in [1.82, 2.24) is 68.9 Å². The maximum absolute atomic E-state index is 4.89. The molecule has 0 aliphatic heterocycles. The Balaban J connectivity index is 0.000000104. The summed E-state index contributed by atoms with van der Waals surface area (Å²) < 4.78 is 9.68. The molecule has 0 amide bonds. The average molecular weight is 1610 g/mol. The van der Waals surface area contributed by atoms with Crippen molar-refractivity contribution in [3.05, 3.63) is 399 Å². The van der Waals surface area contributed by atoms with E-state index in [1.165, 1.54) is 84.0 Å². The molecule has 0 saturated carbocycles. The van der Waals surface area contributed by atoms with E-state index >= 15 is 0 Å². The summed E-state index contributed by atoms with van der Waals surface area (Å²) in [6.45, 7) is 7.83. The Hall–Kier alpha value is -15.6. The van der Waals surface area contributed by atoms with Crippen molar-refractivity contribution in [3.8, 4) is 114 Å². The molecule has 0 saturated heterocycles. The van der Waals surface area contributed by atoms with Gasteiger partial charge >= 0.3 is 0 Å². The Labute approximate surface area is 711 Å². The van der Waals surface area contributed by atoms with Gasteiger partial charge in [-0.15, -0.1) is 22.7 Å². The number of fused-ring (bicyclic) bond motifs is 12. The largest absolute Gasteiger partial charge is 0.309 e. The number of rotatable bonds is 11. The van der Waals surface area contributed by atoms with Gasteiger partial charge in [-0.2, -0.15) is 0 Å². The van der Waals surface area contributed by atoms with Crippen molar-refractivity contribution >= 4 is 107 Å². The van der Waals surface area contributed by atoms with Crippen LogP contribution in [0.4, 0.5) is 0 Å². The van der Waals surface area contributed by atoms with Crippen LogP contribution in [0.15, 0.2) is 376 Å². The highest BCUT2D eigenvalue weighted by Crippen LogP contribution is 2.42. The van der Waals surface area contributed by atoms with Crippen LogP contribution in [0.1, 0.15) is 23.0 Å². The number of nitrogens with zero attached hydrogens (tertiary/aromatic N) is 14. The molecule has 122 heavy (non-hydrogen) atoms. The van der Waals surface area contributed by atoms with Gasteiger partial charge in [0.1, 0.15) is 17.5 Å². The molecule has 0 bridgehead atoms. The molecule has 8 heterocycles. The molecule has 8 aromatic heterocycles. The first-order valence-electron chi connectivity index (χ1n) is 40.3. The van der Waals surface area contributed by atoms with Crippen LogP contribution in [0.3, 0.4) is 0 Å². The quantitative estimate of drug-likeness (QED) is 0.121. The molecular formula is C106H74N14S2. The molecule has 23 aromatic rings. The predicted molar refractivity (Wildman–Crippen MR) is 502 cm³/mol. The lowest BCUT2D eigenvalue weighted by Gasteiger charge is -2.10. The second kappa shape index (κ2) is 33.1. The van der Waals surface area contributed by atoms with Gasteiger partial charge in [0.2, 0.25) is 0 Å². The number of aryl methyl sites for hydroxylation is 4. The van der Waals surface area contributed by atoms with Gasteiger partial charge in [-0.05, 0) is 131 Å². The number of para-hydroxylation sites is 4. The van der Waals surface area contributed by atoms with E-state index in [2.05, 4.69) is 289 Å². The lowest BCUT2D eigenvalue weighted by molar-refractivity contribution is 0.991. The van der Waals surface area contributed by atoms with Crippen LogP contribution in [-0.2, 0) is 0 Å². The van der Waals surface area contributed by atoms with Gasteiger partial charge in [-0.3, -0.25) is 0 Å². The van der Waals surface area contributed by atoms with Crippen LogP contribution in [0.25, 0.3) is 198 Å². The standard InChI is InChI=1S/2C28H20N4.C28H19N3S.C22H15N3S/c1-19-29-27(20-10-4-2-5-11-20)31-28(30-19)21-16-17-26-24(18-21)23-14-8-9-15-25(23)32(26)22-12-6-3-7-13-22;1-19-29-27(20-10-3-2-4-11-20)31-28(30-19)21-12-9-13-22(18-21)32-25-16-7-5-14-23(25)24-15-6-8-17-26(24)32;1-18-8-7-11-20(16-18)27-29-26(19-9-3-2-4-10-19)30-28(31-27)21-14-15-25-23(17-21)22-12-5-6-13-24(22)32-25;1-14-23-21(15-8-3-2-4-9-15)25-22(24-14)18-12-7-11-17-16-10-5-6-13-19(16)26-20(17)18/h2*2-18H,1H3;2-17H,1H3;2-13H,1H3. The molecule has 0 fully saturated rings. The Morgan fingerprint density at radius 3 is 1.01 bits per heavy atom. The molecule has 0 spiro atoms. The first kappa shape index (κ1) is 75.1. The summed E-state index contributed by atoms with van der Waals surface area (Å²) in [6.07, 6.45) is 0. The molecule has 0 aliphatic carbocycles. The monoisotopic (exact) mass is 1610 g/mol. The first-order valence-corrected chi connectivity index (χ1v) is 42.0. The number of hydrogen-bond acceptors (Lipinski definition) is 14. The zero-order valence-electron chi connectivity index (χ0n) is 66.9. The highest BCUT2D eigenvalue weighted by atomic mass is 32.1. The van der Waals surface area contributed by atoms with Crippen LogP contribution < -0.4 is 0 Å². The molecule has 0 aliphatic rings. The zero-order valence-corrected chi connectivity index (χ0v) is 68.5. The van der Waals surface area contributed by atoms with Crippen molar-refractivity contribution in [3.63, 3.8) is 0 Å². The molecule has 0 radical (unpaired) electrons. The molecule has 15 aromatic carbocycles. The Bertz CT molecular complexity index is 7770. The van der Waals surface area contributed by atoms with Gasteiger partial charge in [0.15, 0.2) is 52.4 Å². The fraction of sp³-hybridized carbons (Fsp3) is 0.0377. The second-order valence-corrected chi connectivity index (χ2v) is 31.8. The van der Waals surface area contributed by atoms with E-state index < -0.39 is 0 Å². The maximum atomic E-state index is 4.89.